The molecule has 0 aliphatic heterocycles. The van der Waals surface area contributed by atoms with Gasteiger partial charge in [0.1, 0.15) is 6.54 Å². The summed E-state index contributed by atoms with van der Waals surface area (Å²) in [5.74, 6) is 0. The Labute approximate surface area is 190 Å². The van der Waals surface area contributed by atoms with E-state index in [0.717, 1.165) is 0 Å². The van der Waals surface area contributed by atoms with Crippen LogP contribution in [0.15, 0.2) is 18.5 Å². The molecule has 30 heavy (non-hydrogen) atoms. The molecule has 0 aliphatic rings. The summed E-state index contributed by atoms with van der Waals surface area (Å²) in [6.45, 7) is 8.11. The van der Waals surface area contributed by atoms with Gasteiger partial charge in [-0.1, -0.05) is 111 Å². The van der Waals surface area contributed by atoms with Crippen molar-refractivity contribution in [2.75, 3.05) is 0 Å². The fourth-order valence-electron chi connectivity index (χ4n) is 4.49. The number of rotatable bonds is 21. The van der Waals surface area contributed by atoms with Crippen molar-refractivity contribution in [2.24, 2.45) is 0 Å². The summed E-state index contributed by atoms with van der Waals surface area (Å²) >= 11 is 0. The topological polar surface area (TPSA) is 3.88 Å². The molecule has 0 N–H and O–H groups in total. The molecule has 0 saturated heterocycles. The van der Waals surface area contributed by atoms with E-state index in [2.05, 4.69) is 43.8 Å². The molecule has 1 heterocycles. The number of hydrogen-bond donors (Lipinski definition) is 0. The second-order valence-electron chi connectivity index (χ2n) is 9.54. The van der Waals surface area contributed by atoms with Gasteiger partial charge in [0.25, 0.3) is 0 Å². The van der Waals surface area contributed by atoms with Gasteiger partial charge < -0.3 is 0 Å². The summed E-state index contributed by atoms with van der Waals surface area (Å²) in [6, 6.07) is 2.43. The van der Waals surface area contributed by atoms with Crippen LogP contribution in [0.3, 0.4) is 0 Å². The Morgan fingerprint density at radius 3 is 1.47 bits per heavy atom. The van der Waals surface area contributed by atoms with Gasteiger partial charge in [-0.3, -0.25) is 0 Å². The van der Waals surface area contributed by atoms with Crippen LogP contribution in [0.25, 0.3) is 0 Å². The van der Waals surface area contributed by atoms with Gasteiger partial charge >= 0.3 is 0 Å². The zero-order chi connectivity index (χ0) is 21.7. The van der Waals surface area contributed by atoms with Crippen molar-refractivity contribution in [2.45, 2.75) is 156 Å². The van der Waals surface area contributed by atoms with Crippen LogP contribution in [0, 0.1) is 0 Å². The molecule has 0 unspecified atom stereocenters. The third-order valence-electron chi connectivity index (χ3n) is 6.57. The standard InChI is InChI=1S/C29H54N/c1-4-7-10-11-12-13-14-15-16-17-18-21-25-30-26-24-28(22-19-8-5-2)29(27-30)23-20-9-6-3/h24,26-27H,4-23,25H2,1-3H3/q+1. The SMILES string of the molecule is CCCCCCCCCCCCCC[n+]1ccc(CCCCC)c(CCCCC)c1. The lowest BCUT2D eigenvalue weighted by Gasteiger charge is -2.09. The van der Waals surface area contributed by atoms with E-state index in [4.69, 9.17) is 0 Å². The highest BCUT2D eigenvalue weighted by Gasteiger charge is 2.09. The van der Waals surface area contributed by atoms with Gasteiger partial charge in [0, 0.05) is 18.1 Å². The molecular weight excluding hydrogens is 362 g/mol. The van der Waals surface area contributed by atoms with E-state index in [1.54, 1.807) is 11.1 Å². The molecule has 1 aromatic rings. The molecule has 1 heteroatoms. The van der Waals surface area contributed by atoms with Gasteiger partial charge in [-0.15, -0.1) is 0 Å². The summed E-state index contributed by atoms with van der Waals surface area (Å²) in [5.41, 5.74) is 3.24. The molecule has 0 spiro atoms. The minimum atomic E-state index is 1.20. The number of pyridine rings is 1. The summed E-state index contributed by atoms with van der Waals surface area (Å²) in [4.78, 5) is 0. The van der Waals surface area contributed by atoms with E-state index >= 15 is 0 Å². The zero-order valence-corrected chi connectivity index (χ0v) is 21.0. The van der Waals surface area contributed by atoms with E-state index in [0.29, 0.717) is 0 Å². The van der Waals surface area contributed by atoms with Crippen LogP contribution in [0.4, 0.5) is 0 Å². The second-order valence-corrected chi connectivity index (χ2v) is 9.54. The quantitative estimate of drug-likeness (QED) is 0.139. The Hall–Kier alpha value is -0.850. The number of unbranched alkanes of at least 4 members (excludes halogenated alkanes) is 15. The highest BCUT2D eigenvalue weighted by Crippen LogP contribution is 2.15. The van der Waals surface area contributed by atoms with E-state index < -0.39 is 0 Å². The molecule has 0 bridgehead atoms. The van der Waals surface area contributed by atoms with Crippen LogP contribution < -0.4 is 4.57 Å². The molecule has 1 aromatic heterocycles. The molecule has 0 fully saturated rings. The Balaban J connectivity index is 2.21. The lowest BCUT2D eigenvalue weighted by atomic mass is 9.99. The first kappa shape index (κ1) is 27.2. The molecular formula is C29H54N+. The highest BCUT2D eigenvalue weighted by molar-refractivity contribution is 5.21. The Bertz CT molecular complexity index is 493. The number of nitrogens with zero attached hydrogens (tertiary/aromatic N) is 1. The minimum Gasteiger partial charge on any atom is -0.205 e. The van der Waals surface area contributed by atoms with Gasteiger partial charge in [-0.2, -0.15) is 0 Å². The average Bonchev–Trinajstić information content (AvgIpc) is 2.76. The monoisotopic (exact) mass is 416 g/mol. The lowest BCUT2D eigenvalue weighted by molar-refractivity contribution is -0.697. The Morgan fingerprint density at radius 2 is 0.933 bits per heavy atom. The van der Waals surface area contributed by atoms with Crippen molar-refractivity contribution in [1.82, 2.24) is 0 Å². The van der Waals surface area contributed by atoms with E-state index in [-0.39, 0.29) is 0 Å². The summed E-state index contributed by atoms with van der Waals surface area (Å²) in [7, 11) is 0. The Morgan fingerprint density at radius 1 is 0.500 bits per heavy atom. The first-order chi connectivity index (χ1) is 14.8. The van der Waals surface area contributed by atoms with Gasteiger partial charge in [0.2, 0.25) is 0 Å². The van der Waals surface area contributed by atoms with E-state index in [1.165, 1.54) is 135 Å². The van der Waals surface area contributed by atoms with Crippen molar-refractivity contribution >= 4 is 0 Å². The first-order valence-electron chi connectivity index (χ1n) is 13.8. The predicted molar refractivity (Wildman–Crippen MR) is 134 cm³/mol. The van der Waals surface area contributed by atoms with Crippen LogP contribution in [0.5, 0.6) is 0 Å². The Kier molecular flexibility index (Phi) is 18.2. The van der Waals surface area contributed by atoms with Gasteiger partial charge in [-0.25, -0.2) is 4.57 Å². The van der Waals surface area contributed by atoms with Crippen LogP contribution in [-0.4, -0.2) is 0 Å². The lowest BCUT2D eigenvalue weighted by Crippen LogP contribution is -2.33. The highest BCUT2D eigenvalue weighted by atomic mass is 14.9. The third kappa shape index (κ3) is 14.2. The van der Waals surface area contributed by atoms with Crippen molar-refractivity contribution in [3.63, 3.8) is 0 Å². The van der Waals surface area contributed by atoms with Crippen LogP contribution in [0.1, 0.15) is 147 Å². The zero-order valence-electron chi connectivity index (χ0n) is 21.0. The molecule has 0 radical (unpaired) electrons. The maximum Gasteiger partial charge on any atom is 0.172 e. The van der Waals surface area contributed by atoms with Crippen LogP contribution in [-0.2, 0) is 19.4 Å². The molecule has 0 aliphatic carbocycles. The van der Waals surface area contributed by atoms with Crippen molar-refractivity contribution < 1.29 is 4.57 Å². The largest absolute Gasteiger partial charge is 0.205 e. The fourth-order valence-corrected chi connectivity index (χ4v) is 4.49. The summed E-state index contributed by atoms with van der Waals surface area (Å²) in [6.07, 6.45) is 32.6. The number of hydrogen-bond acceptors (Lipinski definition) is 0. The fraction of sp³-hybridized carbons (Fsp3) is 0.828. The molecule has 0 aromatic carbocycles. The predicted octanol–water partition coefficient (Wildman–Crippen LogP) is 9.14. The average molecular weight is 417 g/mol. The van der Waals surface area contributed by atoms with Crippen molar-refractivity contribution in [1.29, 1.82) is 0 Å². The van der Waals surface area contributed by atoms with Crippen molar-refractivity contribution in [3.05, 3.63) is 29.6 Å². The number of aromatic nitrogens is 1. The van der Waals surface area contributed by atoms with Gasteiger partial charge in [0.05, 0.1) is 0 Å². The normalized spacial score (nSPS) is 11.3. The first-order valence-corrected chi connectivity index (χ1v) is 13.8. The van der Waals surface area contributed by atoms with E-state index in [9.17, 15) is 0 Å². The number of aryl methyl sites for hydroxylation is 3. The van der Waals surface area contributed by atoms with Gasteiger partial charge in [-0.05, 0) is 37.7 Å². The molecule has 0 atom stereocenters. The summed E-state index contributed by atoms with van der Waals surface area (Å²) in [5, 5.41) is 0. The molecule has 0 saturated carbocycles. The van der Waals surface area contributed by atoms with Crippen LogP contribution >= 0.6 is 0 Å². The molecule has 174 valence electrons. The third-order valence-corrected chi connectivity index (χ3v) is 6.57. The van der Waals surface area contributed by atoms with Gasteiger partial charge in [0.15, 0.2) is 12.4 Å². The summed E-state index contributed by atoms with van der Waals surface area (Å²) < 4.78 is 2.47. The second kappa shape index (κ2) is 20.1. The minimum absolute atomic E-state index is 1.20. The molecule has 1 rings (SSSR count). The van der Waals surface area contributed by atoms with Crippen molar-refractivity contribution in [3.8, 4) is 0 Å². The maximum absolute atomic E-state index is 2.48. The molecule has 1 nitrogen and oxygen atoms in total. The van der Waals surface area contributed by atoms with Crippen LogP contribution in [0.2, 0.25) is 0 Å². The smallest absolute Gasteiger partial charge is 0.172 e. The molecule has 0 amide bonds. The maximum atomic E-state index is 2.48. The van der Waals surface area contributed by atoms with E-state index in [1.807, 2.05) is 0 Å².